The van der Waals surface area contributed by atoms with Gasteiger partial charge in [-0.25, -0.2) is 0 Å². The molecule has 0 saturated carbocycles. The third kappa shape index (κ3) is 3.63. The summed E-state index contributed by atoms with van der Waals surface area (Å²) < 4.78 is 0. The van der Waals surface area contributed by atoms with Crippen LogP contribution in [0.15, 0.2) is 54.6 Å². The van der Waals surface area contributed by atoms with Crippen LogP contribution in [0, 0.1) is 6.92 Å². The Hall–Kier alpha value is -3.14. The molecular formula is C25H28O4. The van der Waals surface area contributed by atoms with E-state index in [4.69, 9.17) is 0 Å². The second-order valence-corrected chi connectivity index (χ2v) is 8.68. The third-order valence-electron chi connectivity index (χ3n) is 5.97. The molecule has 0 spiro atoms. The van der Waals surface area contributed by atoms with Crippen LogP contribution in [-0.4, -0.2) is 20.4 Å². The second kappa shape index (κ2) is 7.03. The van der Waals surface area contributed by atoms with Crippen LogP contribution in [0.5, 0.6) is 23.0 Å². The molecule has 0 aromatic heterocycles. The van der Waals surface area contributed by atoms with Crippen LogP contribution in [-0.2, 0) is 10.8 Å². The predicted octanol–water partition coefficient (Wildman–Crippen LogP) is 5.47. The number of phenolic OH excluding ortho intramolecular Hbond substituents is 4. The van der Waals surface area contributed by atoms with Crippen LogP contribution >= 0.6 is 0 Å². The first-order valence-electron chi connectivity index (χ1n) is 9.61. The highest BCUT2D eigenvalue weighted by molar-refractivity contribution is 5.56. The van der Waals surface area contributed by atoms with Crippen molar-refractivity contribution in [3.8, 4) is 23.0 Å². The van der Waals surface area contributed by atoms with Gasteiger partial charge in [0.05, 0.1) is 0 Å². The number of hydrogen-bond acceptors (Lipinski definition) is 4. The van der Waals surface area contributed by atoms with Gasteiger partial charge in [-0.3, -0.25) is 0 Å². The fourth-order valence-corrected chi connectivity index (χ4v) is 3.81. The average Bonchev–Trinajstić information content (AvgIpc) is 2.63. The number of aromatic hydroxyl groups is 4. The standard InChI is InChI=1S/C25H28O4/c1-15-12-17(8-11-21(15)27)25(4,5)20-13-19(22(28)14-23(20)29)24(2,3)16-6-9-18(26)10-7-16/h6-14,26-29H,1-5H3. The van der Waals surface area contributed by atoms with Gasteiger partial charge in [0, 0.05) is 28.0 Å². The van der Waals surface area contributed by atoms with Gasteiger partial charge in [0.1, 0.15) is 23.0 Å². The first-order valence-corrected chi connectivity index (χ1v) is 9.61. The molecule has 0 unspecified atom stereocenters. The summed E-state index contributed by atoms with van der Waals surface area (Å²) in [4.78, 5) is 0. The summed E-state index contributed by atoms with van der Waals surface area (Å²) >= 11 is 0. The lowest BCUT2D eigenvalue weighted by Gasteiger charge is -2.32. The molecule has 0 aliphatic carbocycles. The number of benzene rings is 3. The monoisotopic (exact) mass is 392 g/mol. The summed E-state index contributed by atoms with van der Waals surface area (Å²) in [5.41, 5.74) is 2.89. The van der Waals surface area contributed by atoms with Crippen LogP contribution in [0.2, 0.25) is 0 Å². The molecule has 3 aromatic rings. The van der Waals surface area contributed by atoms with Crippen molar-refractivity contribution in [3.63, 3.8) is 0 Å². The molecule has 0 amide bonds. The smallest absolute Gasteiger partial charge is 0.123 e. The molecule has 3 aromatic carbocycles. The van der Waals surface area contributed by atoms with E-state index in [0.29, 0.717) is 11.1 Å². The van der Waals surface area contributed by atoms with Crippen molar-refractivity contribution in [2.24, 2.45) is 0 Å². The van der Waals surface area contributed by atoms with E-state index in [9.17, 15) is 20.4 Å². The van der Waals surface area contributed by atoms with Crippen molar-refractivity contribution >= 4 is 0 Å². The van der Waals surface area contributed by atoms with Gasteiger partial charge >= 0.3 is 0 Å². The zero-order valence-corrected chi connectivity index (χ0v) is 17.5. The molecule has 0 saturated heterocycles. The maximum Gasteiger partial charge on any atom is 0.123 e. The summed E-state index contributed by atoms with van der Waals surface area (Å²) in [6.07, 6.45) is 0. The Kier molecular flexibility index (Phi) is 4.99. The van der Waals surface area contributed by atoms with Crippen molar-refractivity contribution in [3.05, 3.63) is 82.4 Å². The molecule has 0 radical (unpaired) electrons. The first kappa shape index (κ1) is 20.6. The Morgan fingerprint density at radius 3 is 1.55 bits per heavy atom. The van der Waals surface area contributed by atoms with Gasteiger partial charge in [-0.2, -0.15) is 0 Å². The van der Waals surface area contributed by atoms with Gasteiger partial charge in [-0.15, -0.1) is 0 Å². The van der Waals surface area contributed by atoms with Gasteiger partial charge in [0.15, 0.2) is 0 Å². The summed E-state index contributed by atoms with van der Waals surface area (Å²) in [6.45, 7) is 9.83. The van der Waals surface area contributed by atoms with E-state index in [2.05, 4.69) is 0 Å². The minimum atomic E-state index is -0.559. The Bertz CT molecular complexity index is 1050. The van der Waals surface area contributed by atoms with Crippen molar-refractivity contribution < 1.29 is 20.4 Å². The highest BCUT2D eigenvalue weighted by atomic mass is 16.3. The van der Waals surface area contributed by atoms with Crippen LogP contribution in [0.25, 0.3) is 0 Å². The second-order valence-electron chi connectivity index (χ2n) is 8.68. The Labute approximate surface area is 171 Å². The van der Waals surface area contributed by atoms with E-state index in [1.807, 2.05) is 65.0 Å². The Morgan fingerprint density at radius 2 is 1.03 bits per heavy atom. The highest BCUT2D eigenvalue weighted by Crippen LogP contribution is 2.45. The van der Waals surface area contributed by atoms with Crippen LogP contribution in [0.4, 0.5) is 0 Å². The molecule has 0 fully saturated rings. The molecule has 3 rings (SSSR count). The van der Waals surface area contributed by atoms with Crippen LogP contribution < -0.4 is 0 Å². The topological polar surface area (TPSA) is 80.9 Å². The number of rotatable bonds is 4. The quantitative estimate of drug-likeness (QED) is 0.475. The third-order valence-corrected chi connectivity index (χ3v) is 5.97. The molecule has 4 N–H and O–H groups in total. The molecule has 4 heteroatoms. The molecular weight excluding hydrogens is 364 g/mol. The zero-order valence-electron chi connectivity index (χ0n) is 17.5. The molecule has 4 nitrogen and oxygen atoms in total. The lowest BCUT2D eigenvalue weighted by molar-refractivity contribution is 0.424. The van der Waals surface area contributed by atoms with Crippen molar-refractivity contribution in [2.75, 3.05) is 0 Å². The van der Waals surface area contributed by atoms with E-state index in [1.165, 1.54) is 6.07 Å². The van der Waals surface area contributed by atoms with Gasteiger partial charge in [0.2, 0.25) is 0 Å². The molecule has 0 aliphatic heterocycles. The summed E-state index contributed by atoms with van der Waals surface area (Å²) in [7, 11) is 0. The minimum absolute atomic E-state index is 0.0158. The average molecular weight is 392 g/mol. The van der Waals surface area contributed by atoms with Crippen LogP contribution in [0.1, 0.15) is 55.5 Å². The van der Waals surface area contributed by atoms with Gasteiger partial charge in [0.25, 0.3) is 0 Å². The fourth-order valence-electron chi connectivity index (χ4n) is 3.81. The van der Waals surface area contributed by atoms with Gasteiger partial charge in [-0.05, 0) is 47.9 Å². The van der Waals surface area contributed by atoms with Crippen LogP contribution in [0.3, 0.4) is 0 Å². The fraction of sp³-hybridized carbons (Fsp3) is 0.280. The maximum atomic E-state index is 10.7. The predicted molar refractivity (Wildman–Crippen MR) is 115 cm³/mol. The van der Waals surface area contributed by atoms with Gasteiger partial charge in [-0.1, -0.05) is 52.0 Å². The normalized spacial score (nSPS) is 12.2. The molecule has 0 aliphatic rings. The molecule has 0 atom stereocenters. The summed E-state index contributed by atoms with van der Waals surface area (Å²) in [5, 5.41) is 40.8. The Balaban J connectivity index is 2.16. The first-order chi connectivity index (χ1) is 13.4. The van der Waals surface area contributed by atoms with E-state index in [0.717, 1.165) is 16.7 Å². The molecule has 0 heterocycles. The summed E-state index contributed by atoms with van der Waals surface area (Å²) in [6, 6.07) is 15.6. The van der Waals surface area contributed by atoms with Crippen molar-refractivity contribution in [1.82, 2.24) is 0 Å². The van der Waals surface area contributed by atoms with E-state index in [-0.39, 0.29) is 23.0 Å². The maximum absolute atomic E-state index is 10.7. The molecule has 29 heavy (non-hydrogen) atoms. The number of phenols is 4. The number of aryl methyl sites for hydroxylation is 1. The lowest BCUT2D eigenvalue weighted by atomic mass is 9.72. The molecule has 152 valence electrons. The largest absolute Gasteiger partial charge is 0.508 e. The highest BCUT2D eigenvalue weighted by Gasteiger charge is 2.32. The van der Waals surface area contributed by atoms with Gasteiger partial charge < -0.3 is 20.4 Å². The lowest BCUT2D eigenvalue weighted by Crippen LogP contribution is -2.23. The Morgan fingerprint density at radius 1 is 0.552 bits per heavy atom. The van der Waals surface area contributed by atoms with E-state index < -0.39 is 10.8 Å². The summed E-state index contributed by atoms with van der Waals surface area (Å²) in [5.74, 6) is 0.447. The SMILES string of the molecule is Cc1cc(C(C)(C)c2cc(C(C)(C)c3ccc(O)cc3)c(O)cc2O)ccc1O. The van der Waals surface area contributed by atoms with Crippen molar-refractivity contribution in [2.45, 2.75) is 45.4 Å². The van der Waals surface area contributed by atoms with E-state index in [1.54, 1.807) is 18.2 Å². The molecule has 0 bridgehead atoms. The number of hydrogen-bond donors (Lipinski definition) is 4. The van der Waals surface area contributed by atoms with E-state index >= 15 is 0 Å². The van der Waals surface area contributed by atoms with Crippen molar-refractivity contribution in [1.29, 1.82) is 0 Å². The minimum Gasteiger partial charge on any atom is -0.508 e. The zero-order chi connectivity index (χ0) is 21.6.